The van der Waals surface area contributed by atoms with Crippen molar-refractivity contribution in [1.82, 2.24) is 4.98 Å². The number of hydrogen-bond acceptors (Lipinski definition) is 6. The maximum absolute atomic E-state index is 12.8. The molecule has 0 unspecified atom stereocenters. The van der Waals surface area contributed by atoms with Gasteiger partial charge in [-0.15, -0.1) is 0 Å². The molecule has 0 fully saturated rings. The van der Waals surface area contributed by atoms with Crippen molar-refractivity contribution in [1.29, 1.82) is 0 Å². The van der Waals surface area contributed by atoms with Crippen LogP contribution in [0.3, 0.4) is 0 Å². The second-order valence-corrected chi connectivity index (χ2v) is 7.10. The fourth-order valence-corrected chi connectivity index (χ4v) is 3.69. The average Bonchev–Trinajstić information content (AvgIpc) is 2.82. The Morgan fingerprint density at radius 3 is 2.31 bits per heavy atom. The van der Waals surface area contributed by atoms with E-state index in [-0.39, 0.29) is 27.8 Å². The number of carbonyl (C=O) groups is 2. The van der Waals surface area contributed by atoms with Crippen LogP contribution >= 0.6 is 0 Å². The van der Waals surface area contributed by atoms with Gasteiger partial charge in [-0.2, -0.15) is 4.57 Å². The summed E-state index contributed by atoms with van der Waals surface area (Å²) in [5, 5.41) is 11.1. The number of rotatable bonds is 3. The molecule has 0 amide bonds. The first-order valence-electron chi connectivity index (χ1n) is 9.74. The second kappa shape index (κ2) is 7.55. The van der Waals surface area contributed by atoms with Gasteiger partial charge >= 0.3 is 5.63 Å². The monoisotopic (exact) mass is 423 g/mol. The fourth-order valence-electron chi connectivity index (χ4n) is 3.69. The molecule has 1 aliphatic rings. The number of aromatic nitrogens is 2. The van der Waals surface area contributed by atoms with Crippen LogP contribution < -0.4 is 10.2 Å². The van der Waals surface area contributed by atoms with Crippen LogP contribution in [0.15, 0.2) is 94.6 Å². The first-order chi connectivity index (χ1) is 15.5. The van der Waals surface area contributed by atoms with Crippen molar-refractivity contribution >= 4 is 33.8 Å². The summed E-state index contributed by atoms with van der Waals surface area (Å²) in [6.07, 6.45) is 7.10. The zero-order valence-corrected chi connectivity index (χ0v) is 16.6. The zero-order chi connectivity index (χ0) is 22.2. The third-order valence-electron chi connectivity index (χ3n) is 5.19. The van der Waals surface area contributed by atoms with Gasteiger partial charge in [-0.3, -0.25) is 14.6 Å². The molecule has 1 aromatic carbocycles. The van der Waals surface area contributed by atoms with Gasteiger partial charge in [0.25, 0.3) is 11.5 Å². The first-order valence-corrected chi connectivity index (χ1v) is 9.74. The Labute approximate surface area is 181 Å². The summed E-state index contributed by atoms with van der Waals surface area (Å²) in [4.78, 5) is 42.7. The second-order valence-electron chi connectivity index (χ2n) is 7.10. The van der Waals surface area contributed by atoms with Gasteiger partial charge in [-0.25, -0.2) is 4.79 Å². The highest BCUT2D eigenvalue weighted by atomic mass is 16.4. The number of benzene rings is 1. The minimum Gasteiger partial charge on any atom is -0.506 e. The van der Waals surface area contributed by atoms with Crippen LogP contribution in [-0.4, -0.2) is 21.7 Å². The lowest BCUT2D eigenvalue weighted by Crippen LogP contribution is -2.38. The van der Waals surface area contributed by atoms with Crippen LogP contribution in [0, 0.1) is 0 Å². The minimum atomic E-state index is -0.907. The normalized spacial score (nSPS) is 13.8. The molecule has 0 saturated carbocycles. The molecule has 0 saturated heterocycles. The highest BCUT2D eigenvalue weighted by Gasteiger charge is 2.36. The quantitative estimate of drug-likeness (QED) is 0.309. The number of carbonyl (C=O) groups excluding carboxylic acids is 2. The number of aromatic hydroxyl groups is 1. The van der Waals surface area contributed by atoms with Gasteiger partial charge < -0.3 is 9.52 Å². The lowest BCUT2D eigenvalue weighted by atomic mass is 9.92. The third kappa shape index (κ3) is 3.13. The van der Waals surface area contributed by atoms with Crippen LogP contribution in [0.2, 0.25) is 0 Å². The molecule has 1 aliphatic carbocycles. The molecule has 3 aromatic heterocycles. The summed E-state index contributed by atoms with van der Waals surface area (Å²) in [6, 6.07) is 15.4. The maximum Gasteiger partial charge on any atom is 0.348 e. The predicted molar refractivity (Wildman–Crippen MR) is 116 cm³/mol. The number of hydrogen-bond donors (Lipinski definition) is 1. The molecule has 32 heavy (non-hydrogen) atoms. The number of allylic oxidation sites excluding steroid dienone is 4. The summed E-state index contributed by atoms with van der Waals surface area (Å²) in [7, 11) is 0. The van der Waals surface area contributed by atoms with E-state index in [2.05, 4.69) is 4.98 Å². The molecular weight excluding hydrogens is 408 g/mol. The highest BCUT2D eigenvalue weighted by Crippen LogP contribution is 2.34. The molecule has 0 spiro atoms. The van der Waals surface area contributed by atoms with Crippen LogP contribution in [-0.2, 0) is 9.59 Å². The molecule has 4 aromatic rings. The van der Waals surface area contributed by atoms with Gasteiger partial charge in [0.15, 0.2) is 18.2 Å². The zero-order valence-electron chi connectivity index (χ0n) is 16.6. The molecular formula is C25H15N2O5+. The molecule has 0 bridgehead atoms. The minimum absolute atomic E-state index is 0.0528. The van der Waals surface area contributed by atoms with Gasteiger partial charge in [0.2, 0.25) is 0 Å². The first kappa shape index (κ1) is 19.3. The van der Waals surface area contributed by atoms with Gasteiger partial charge in [0, 0.05) is 23.9 Å². The summed E-state index contributed by atoms with van der Waals surface area (Å²) >= 11 is 0. The molecule has 5 rings (SSSR count). The number of para-hydroxylation sites is 1. The molecule has 0 aliphatic heterocycles. The number of pyridine rings is 2. The Kier molecular flexibility index (Phi) is 4.56. The molecule has 7 heteroatoms. The van der Waals surface area contributed by atoms with Crippen molar-refractivity contribution in [3.63, 3.8) is 0 Å². The van der Waals surface area contributed by atoms with Crippen molar-refractivity contribution in [3.05, 3.63) is 101 Å². The highest BCUT2D eigenvalue weighted by molar-refractivity contribution is 6.44. The van der Waals surface area contributed by atoms with Crippen LogP contribution in [0.1, 0.15) is 5.56 Å². The topological polar surface area (TPSA) is 101 Å². The largest absolute Gasteiger partial charge is 0.506 e. The van der Waals surface area contributed by atoms with Gasteiger partial charge in [-0.05, 0) is 36.4 Å². The standard InChI is InChI=1S/C25H14N2O5/c28-18-8-9-19(29)23(27-13-10-15(11-14-27)17-6-3-4-12-26-17)21(18)22-24(30)16-5-1-2-7-20(16)32-25(22)31/h1-14H/p+1. The number of nitrogens with zero attached hydrogens (tertiary/aromatic N) is 2. The fraction of sp³-hybridized carbons (Fsp3) is 0. The van der Waals surface area contributed by atoms with E-state index in [1.807, 2.05) is 18.2 Å². The van der Waals surface area contributed by atoms with Crippen molar-refractivity contribution in [3.8, 4) is 17.0 Å². The van der Waals surface area contributed by atoms with Crippen molar-refractivity contribution in [2.75, 3.05) is 0 Å². The van der Waals surface area contributed by atoms with Crippen molar-refractivity contribution in [2.45, 2.75) is 0 Å². The van der Waals surface area contributed by atoms with Crippen LogP contribution in [0.4, 0.5) is 0 Å². The van der Waals surface area contributed by atoms with E-state index in [4.69, 9.17) is 4.42 Å². The lowest BCUT2D eigenvalue weighted by Gasteiger charge is -2.12. The maximum atomic E-state index is 12.8. The molecule has 3 heterocycles. The number of fused-ring (bicyclic) bond motifs is 1. The summed E-state index contributed by atoms with van der Waals surface area (Å²) < 4.78 is 6.76. The van der Waals surface area contributed by atoms with Crippen LogP contribution in [0.5, 0.6) is 5.75 Å². The lowest BCUT2D eigenvalue weighted by molar-refractivity contribution is -0.576. The Balaban J connectivity index is 1.74. The predicted octanol–water partition coefficient (Wildman–Crippen LogP) is 2.92. The Bertz CT molecular complexity index is 1510. The van der Waals surface area contributed by atoms with E-state index in [1.54, 1.807) is 48.9 Å². The smallest absolute Gasteiger partial charge is 0.348 e. The Morgan fingerprint density at radius 2 is 1.56 bits per heavy atom. The van der Waals surface area contributed by atoms with E-state index in [1.165, 1.54) is 10.6 Å². The van der Waals surface area contributed by atoms with E-state index in [0.717, 1.165) is 23.4 Å². The molecule has 1 N–H and O–H groups in total. The van der Waals surface area contributed by atoms with E-state index >= 15 is 0 Å². The van der Waals surface area contributed by atoms with Crippen molar-refractivity contribution < 1.29 is 23.7 Å². The molecule has 7 nitrogen and oxygen atoms in total. The SMILES string of the molecule is O=C1C=CC(=O)C([n+]2ccc(-c3ccccn3)cc2)=C1c1c(O)c2ccccc2oc1=O. The van der Waals surface area contributed by atoms with Gasteiger partial charge in [0.05, 0.1) is 11.1 Å². The third-order valence-corrected chi connectivity index (χ3v) is 5.19. The summed E-state index contributed by atoms with van der Waals surface area (Å²) in [6.45, 7) is 0. The number of ketones is 2. The van der Waals surface area contributed by atoms with E-state index in [0.29, 0.717) is 0 Å². The Hall–Kier alpha value is -4.65. The summed E-state index contributed by atoms with van der Waals surface area (Å²) in [5.74, 6) is -1.48. The van der Waals surface area contributed by atoms with E-state index in [9.17, 15) is 19.5 Å². The van der Waals surface area contributed by atoms with Crippen LogP contribution in [0.25, 0.3) is 33.5 Å². The molecule has 0 atom stereocenters. The summed E-state index contributed by atoms with van der Waals surface area (Å²) in [5.41, 5.74) is 0.208. The average molecular weight is 423 g/mol. The Morgan fingerprint density at radius 1 is 0.844 bits per heavy atom. The van der Waals surface area contributed by atoms with Gasteiger partial charge in [-0.1, -0.05) is 18.2 Å². The molecule has 154 valence electrons. The molecule has 0 radical (unpaired) electrons. The van der Waals surface area contributed by atoms with Gasteiger partial charge in [0.1, 0.15) is 22.5 Å². The van der Waals surface area contributed by atoms with E-state index < -0.39 is 22.9 Å². The van der Waals surface area contributed by atoms with Crippen molar-refractivity contribution in [2.24, 2.45) is 0 Å².